The normalized spacial score (nSPS) is 26.9. The van der Waals surface area contributed by atoms with Crippen LogP contribution in [0.1, 0.15) is 42.0 Å². The van der Waals surface area contributed by atoms with Gasteiger partial charge < -0.3 is 20.4 Å². The quantitative estimate of drug-likeness (QED) is 0.510. The van der Waals surface area contributed by atoms with Crippen molar-refractivity contribution < 1.29 is 20.4 Å². The van der Waals surface area contributed by atoms with E-state index in [4.69, 9.17) is 0 Å². The van der Waals surface area contributed by atoms with Gasteiger partial charge in [-0.2, -0.15) is 0 Å². The van der Waals surface area contributed by atoms with Crippen LogP contribution in [-0.2, 0) is 5.41 Å². The summed E-state index contributed by atoms with van der Waals surface area (Å²) in [5.41, 5.74) is 6.69. The van der Waals surface area contributed by atoms with Crippen LogP contribution < -0.4 is 0 Å². The number of benzene rings is 2. The fourth-order valence-electron chi connectivity index (χ4n) is 5.35. The summed E-state index contributed by atoms with van der Waals surface area (Å²) in [5, 5.41) is 41.0. The van der Waals surface area contributed by atoms with Gasteiger partial charge in [-0.05, 0) is 77.3 Å². The maximum Gasteiger partial charge on any atom is 0.157 e. The molecule has 4 N–H and O–H groups in total. The molecular formula is C27H26O4. The number of aryl methyl sites for hydroxylation is 1. The zero-order chi connectivity index (χ0) is 21.9. The van der Waals surface area contributed by atoms with Gasteiger partial charge in [0.1, 0.15) is 11.9 Å². The van der Waals surface area contributed by atoms with Gasteiger partial charge in [0.05, 0.1) is 5.41 Å². The number of allylic oxidation sites excluding steroid dienone is 6. The third-order valence-electron chi connectivity index (χ3n) is 6.81. The molecule has 0 amide bonds. The zero-order valence-electron chi connectivity index (χ0n) is 17.6. The lowest BCUT2D eigenvalue weighted by molar-refractivity contribution is 0.152. The number of fused-ring (bicyclic) bond motifs is 2. The number of aromatic hydroxyl groups is 2. The molecule has 3 atom stereocenters. The molecule has 0 saturated heterocycles. The highest BCUT2D eigenvalue weighted by Gasteiger charge is 2.49. The number of phenolic OH excluding ortho intramolecular Hbond substituents is 2. The predicted octanol–water partition coefficient (Wildman–Crippen LogP) is 5.19. The summed E-state index contributed by atoms with van der Waals surface area (Å²) < 4.78 is 0. The fourth-order valence-corrected chi connectivity index (χ4v) is 5.35. The Labute approximate surface area is 181 Å². The van der Waals surface area contributed by atoms with Crippen LogP contribution in [0.25, 0.3) is 5.57 Å². The molecule has 0 bridgehead atoms. The molecule has 3 aliphatic rings. The molecule has 2 aromatic carbocycles. The minimum Gasteiger partial charge on any atom is -0.510 e. The van der Waals surface area contributed by atoms with Crippen molar-refractivity contribution in [1.29, 1.82) is 0 Å². The Hall–Kier alpha value is -3.24. The molecule has 2 aromatic rings. The van der Waals surface area contributed by atoms with Gasteiger partial charge in [0.15, 0.2) is 11.5 Å². The average Bonchev–Trinajstić information content (AvgIpc) is 3.01. The molecule has 0 saturated carbocycles. The second-order valence-corrected chi connectivity index (χ2v) is 8.92. The van der Waals surface area contributed by atoms with Gasteiger partial charge in [0, 0.05) is 0 Å². The highest BCUT2D eigenvalue weighted by atomic mass is 16.3. The number of hydrogen-bond donors (Lipinski definition) is 4. The van der Waals surface area contributed by atoms with Crippen molar-refractivity contribution in [2.24, 2.45) is 5.92 Å². The first-order chi connectivity index (χ1) is 14.8. The molecule has 158 valence electrons. The summed E-state index contributed by atoms with van der Waals surface area (Å²) in [4.78, 5) is 0. The van der Waals surface area contributed by atoms with Crippen molar-refractivity contribution in [2.45, 2.75) is 38.2 Å². The Morgan fingerprint density at radius 1 is 1.00 bits per heavy atom. The Kier molecular flexibility index (Phi) is 4.38. The van der Waals surface area contributed by atoms with E-state index in [-0.39, 0.29) is 17.3 Å². The van der Waals surface area contributed by atoms with Gasteiger partial charge in [-0.3, -0.25) is 0 Å². The molecule has 3 aliphatic carbocycles. The first kappa shape index (κ1) is 19.7. The van der Waals surface area contributed by atoms with Crippen LogP contribution in [0.3, 0.4) is 0 Å². The van der Waals surface area contributed by atoms with Gasteiger partial charge in [-0.25, -0.2) is 0 Å². The van der Waals surface area contributed by atoms with Crippen LogP contribution in [0.2, 0.25) is 0 Å². The second-order valence-electron chi connectivity index (χ2n) is 8.92. The van der Waals surface area contributed by atoms with E-state index in [0.717, 1.165) is 34.2 Å². The van der Waals surface area contributed by atoms with Gasteiger partial charge in [-0.1, -0.05) is 55.0 Å². The van der Waals surface area contributed by atoms with Crippen molar-refractivity contribution in [3.8, 4) is 11.5 Å². The Balaban J connectivity index is 1.90. The van der Waals surface area contributed by atoms with Crippen LogP contribution in [0.15, 0.2) is 77.6 Å². The third-order valence-corrected chi connectivity index (χ3v) is 6.81. The molecule has 0 heterocycles. The average molecular weight is 415 g/mol. The van der Waals surface area contributed by atoms with E-state index in [1.807, 2.05) is 12.1 Å². The highest BCUT2D eigenvalue weighted by molar-refractivity contribution is 5.91. The Morgan fingerprint density at radius 2 is 1.81 bits per heavy atom. The van der Waals surface area contributed by atoms with Gasteiger partial charge in [-0.15, -0.1) is 0 Å². The lowest BCUT2D eigenvalue weighted by Crippen LogP contribution is -2.33. The molecule has 0 radical (unpaired) electrons. The molecular weight excluding hydrogens is 388 g/mol. The van der Waals surface area contributed by atoms with Crippen molar-refractivity contribution in [1.82, 2.24) is 0 Å². The molecule has 31 heavy (non-hydrogen) atoms. The third kappa shape index (κ3) is 2.78. The molecule has 5 rings (SSSR count). The number of aliphatic hydroxyl groups excluding tert-OH is 2. The fraction of sp³-hybridized carbons (Fsp3) is 0.259. The van der Waals surface area contributed by atoms with E-state index in [9.17, 15) is 20.4 Å². The van der Waals surface area contributed by atoms with E-state index >= 15 is 0 Å². The molecule has 4 nitrogen and oxygen atoms in total. The summed E-state index contributed by atoms with van der Waals surface area (Å²) in [6.45, 7) is 4.24. The van der Waals surface area contributed by atoms with Crippen LogP contribution in [-0.4, -0.2) is 26.5 Å². The summed E-state index contributed by atoms with van der Waals surface area (Å²) in [6.07, 6.45) is 8.29. The summed E-state index contributed by atoms with van der Waals surface area (Å²) >= 11 is 0. The van der Waals surface area contributed by atoms with Crippen LogP contribution in [0.5, 0.6) is 11.5 Å². The minimum absolute atomic E-state index is 0.0532. The smallest absolute Gasteiger partial charge is 0.157 e. The van der Waals surface area contributed by atoms with Crippen molar-refractivity contribution >= 4 is 5.57 Å². The van der Waals surface area contributed by atoms with E-state index < -0.39 is 11.5 Å². The lowest BCUT2D eigenvalue weighted by Gasteiger charge is -2.39. The van der Waals surface area contributed by atoms with E-state index in [0.29, 0.717) is 12.3 Å². The van der Waals surface area contributed by atoms with Crippen molar-refractivity contribution in [3.05, 3.63) is 99.9 Å². The number of rotatable bonds is 2. The monoisotopic (exact) mass is 414 g/mol. The van der Waals surface area contributed by atoms with Gasteiger partial charge >= 0.3 is 0 Å². The van der Waals surface area contributed by atoms with Crippen LogP contribution in [0.4, 0.5) is 0 Å². The summed E-state index contributed by atoms with van der Waals surface area (Å²) in [7, 11) is 0. The maximum absolute atomic E-state index is 10.5. The van der Waals surface area contributed by atoms with Crippen molar-refractivity contribution in [3.63, 3.8) is 0 Å². The molecule has 3 unspecified atom stereocenters. The second kappa shape index (κ2) is 6.89. The first-order valence-electron chi connectivity index (χ1n) is 10.7. The van der Waals surface area contributed by atoms with Gasteiger partial charge in [0.2, 0.25) is 0 Å². The first-order valence-corrected chi connectivity index (χ1v) is 10.7. The molecule has 0 aliphatic heterocycles. The van der Waals surface area contributed by atoms with E-state index in [2.05, 4.69) is 44.2 Å². The number of phenols is 2. The number of hydrogen-bond acceptors (Lipinski definition) is 4. The lowest BCUT2D eigenvalue weighted by atomic mass is 9.63. The molecule has 0 aromatic heterocycles. The minimum atomic E-state index is -0.911. The SMILES string of the molecule is Cc1ccc2c(c1)C(C1=CCC(O)C(O)=C1)(c1ccc(O)c(O)c1)C1=C2C=CC(C)C1. The molecule has 0 spiro atoms. The van der Waals surface area contributed by atoms with E-state index in [1.165, 1.54) is 17.2 Å². The topological polar surface area (TPSA) is 80.9 Å². The number of aliphatic hydroxyl groups is 2. The molecule has 0 fully saturated rings. The van der Waals surface area contributed by atoms with E-state index in [1.54, 1.807) is 12.1 Å². The van der Waals surface area contributed by atoms with Crippen molar-refractivity contribution in [2.75, 3.05) is 0 Å². The maximum atomic E-state index is 10.5. The Bertz CT molecular complexity index is 1210. The Morgan fingerprint density at radius 3 is 2.55 bits per heavy atom. The van der Waals surface area contributed by atoms with Gasteiger partial charge in [0.25, 0.3) is 0 Å². The summed E-state index contributed by atoms with van der Waals surface area (Å²) in [5.74, 6) is -0.0581. The summed E-state index contributed by atoms with van der Waals surface area (Å²) in [6, 6.07) is 11.4. The standard InChI is InChI=1S/C27H26O4/c1-15-3-7-19-20-8-4-16(2)12-22(20)27(21(19)11-15,17-5-9-23(28)25(30)13-17)18-6-10-24(29)26(31)14-18/h3-9,11,13-14,16,24,28-31H,10,12H2,1-2H3. The largest absolute Gasteiger partial charge is 0.510 e. The predicted molar refractivity (Wildman–Crippen MR) is 121 cm³/mol. The highest BCUT2D eigenvalue weighted by Crippen LogP contribution is 2.59. The van der Waals surface area contributed by atoms with Crippen LogP contribution >= 0.6 is 0 Å². The zero-order valence-corrected chi connectivity index (χ0v) is 17.6. The van der Waals surface area contributed by atoms with Crippen LogP contribution in [0, 0.1) is 12.8 Å². The molecule has 4 heteroatoms.